The van der Waals surface area contributed by atoms with Crippen molar-refractivity contribution < 1.29 is 14.3 Å². The number of hydrogen-bond donors (Lipinski definition) is 1. The summed E-state index contributed by atoms with van der Waals surface area (Å²) in [5.41, 5.74) is 3.23. The van der Waals surface area contributed by atoms with Gasteiger partial charge in [0.2, 0.25) is 5.91 Å². The van der Waals surface area contributed by atoms with Crippen LogP contribution in [0.25, 0.3) is 0 Å². The summed E-state index contributed by atoms with van der Waals surface area (Å²) in [6.45, 7) is 6.05. The first-order valence-corrected chi connectivity index (χ1v) is 10.6. The number of halogens is 2. The van der Waals surface area contributed by atoms with Crippen LogP contribution in [-0.4, -0.2) is 18.0 Å². The van der Waals surface area contributed by atoms with Crippen molar-refractivity contribution in [2.45, 2.75) is 33.1 Å². The Kier molecular flexibility index (Phi) is 7.42. The minimum atomic E-state index is -0.191. The molecule has 0 fully saturated rings. The number of nitrogens with one attached hydrogen (secondary N) is 1. The molecule has 5 nitrogen and oxygen atoms in total. The lowest BCUT2D eigenvalue weighted by Crippen LogP contribution is -2.14. The van der Waals surface area contributed by atoms with Gasteiger partial charge < -0.3 is 14.8 Å². The first kappa shape index (κ1) is 22.9. The minimum Gasteiger partial charge on any atom is -0.496 e. The summed E-state index contributed by atoms with van der Waals surface area (Å²) in [6, 6.07) is 12.5. The maximum absolute atomic E-state index is 12.4. The second-order valence-electron chi connectivity index (χ2n) is 7.46. The highest BCUT2D eigenvalue weighted by molar-refractivity contribution is 6.37. The number of hydrogen-bond acceptors (Lipinski definition) is 4. The van der Waals surface area contributed by atoms with E-state index >= 15 is 0 Å². The lowest BCUT2D eigenvalue weighted by atomic mass is 10.0. The van der Waals surface area contributed by atoms with Gasteiger partial charge in [0.25, 0.3) is 0 Å². The van der Waals surface area contributed by atoms with E-state index in [-0.39, 0.29) is 18.2 Å². The van der Waals surface area contributed by atoms with Gasteiger partial charge in [-0.2, -0.15) is 0 Å². The largest absolute Gasteiger partial charge is 0.496 e. The van der Waals surface area contributed by atoms with Crippen LogP contribution in [0, 0.1) is 6.92 Å². The molecule has 1 N–H and O–H groups in total. The molecule has 0 saturated heterocycles. The summed E-state index contributed by atoms with van der Waals surface area (Å²) in [5.74, 6) is 1.77. The van der Waals surface area contributed by atoms with Crippen LogP contribution in [0.15, 0.2) is 48.7 Å². The van der Waals surface area contributed by atoms with E-state index in [1.54, 1.807) is 31.5 Å². The van der Waals surface area contributed by atoms with Crippen molar-refractivity contribution >= 4 is 34.8 Å². The SMILES string of the molecule is COc1ccc(Oc2c(Cl)cc(NC(=O)Cc3ccc(C)nc3)cc2Cl)cc1C(C)C. The third kappa shape index (κ3) is 5.90. The fraction of sp³-hybridized carbons (Fsp3) is 0.250. The topological polar surface area (TPSA) is 60.5 Å². The van der Waals surface area contributed by atoms with E-state index in [2.05, 4.69) is 24.1 Å². The molecular formula is C24H24Cl2N2O3. The zero-order valence-corrected chi connectivity index (χ0v) is 19.3. The van der Waals surface area contributed by atoms with Crippen molar-refractivity contribution in [3.05, 3.63) is 75.5 Å². The third-order valence-corrected chi connectivity index (χ3v) is 5.22. The molecule has 1 aromatic heterocycles. The van der Waals surface area contributed by atoms with E-state index in [4.69, 9.17) is 32.7 Å². The molecule has 31 heavy (non-hydrogen) atoms. The first-order chi connectivity index (χ1) is 14.8. The average Bonchev–Trinajstić information content (AvgIpc) is 2.72. The Morgan fingerprint density at radius 3 is 2.39 bits per heavy atom. The van der Waals surface area contributed by atoms with Gasteiger partial charge in [0.05, 0.1) is 23.6 Å². The molecule has 3 aromatic rings. The van der Waals surface area contributed by atoms with E-state index in [1.807, 2.05) is 31.2 Å². The van der Waals surface area contributed by atoms with Gasteiger partial charge in [-0.1, -0.05) is 43.1 Å². The standard InChI is InChI=1S/C24H24Cl2N2O3/c1-14(2)19-12-18(7-8-22(19)30-4)31-24-20(25)10-17(11-21(24)26)28-23(29)9-16-6-5-15(3)27-13-16/h5-8,10-14H,9H2,1-4H3,(H,28,29). The zero-order chi connectivity index (χ0) is 22.5. The summed E-state index contributed by atoms with van der Waals surface area (Å²) in [5, 5.41) is 3.40. The molecule has 0 aliphatic heterocycles. The van der Waals surface area contributed by atoms with Crippen molar-refractivity contribution in [3.63, 3.8) is 0 Å². The minimum absolute atomic E-state index is 0.191. The van der Waals surface area contributed by atoms with Crippen LogP contribution in [-0.2, 0) is 11.2 Å². The second kappa shape index (κ2) is 10.0. The number of amides is 1. The molecule has 3 rings (SSSR count). The summed E-state index contributed by atoms with van der Waals surface area (Å²) in [6.07, 6.45) is 1.89. The van der Waals surface area contributed by atoms with Crippen LogP contribution in [0.4, 0.5) is 5.69 Å². The van der Waals surface area contributed by atoms with Crippen molar-refractivity contribution in [1.82, 2.24) is 4.98 Å². The fourth-order valence-corrected chi connectivity index (χ4v) is 3.63. The zero-order valence-electron chi connectivity index (χ0n) is 17.8. The number of rotatable bonds is 7. The average molecular weight is 459 g/mol. The van der Waals surface area contributed by atoms with E-state index in [0.29, 0.717) is 27.2 Å². The normalized spacial score (nSPS) is 10.8. The van der Waals surface area contributed by atoms with Crippen molar-refractivity contribution in [1.29, 1.82) is 0 Å². The van der Waals surface area contributed by atoms with Gasteiger partial charge in [-0.3, -0.25) is 9.78 Å². The highest BCUT2D eigenvalue weighted by Gasteiger charge is 2.15. The van der Waals surface area contributed by atoms with Crippen molar-refractivity contribution in [2.24, 2.45) is 0 Å². The van der Waals surface area contributed by atoms with Crippen LogP contribution in [0.3, 0.4) is 0 Å². The summed E-state index contributed by atoms with van der Waals surface area (Å²) >= 11 is 12.8. The predicted octanol–water partition coefficient (Wildman–Crippen LogP) is 6.80. The van der Waals surface area contributed by atoms with Gasteiger partial charge in [0.15, 0.2) is 5.75 Å². The molecule has 0 aliphatic rings. The van der Waals surface area contributed by atoms with Crippen LogP contribution < -0.4 is 14.8 Å². The molecule has 0 radical (unpaired) electrons. The smallest absolute Gasteiger partial charge is 0.228 e. The maximum Gasteiger partial charge on any atom is 0.228 e. The third-order valence-electron chi connectivity index (χ3n) is 4.66. The number of methoxy groups -OCH3 is 1. The van der Waals surface area contributed by atoms with Gasteiger partial charge in [0, 0.05) is 23.1 Å². The number of carbonyl (C=O) groups excluding carboxylic acids is 1. The van der Waals surface area contributed by atoms with Crippen LogP contribution in [0.2, 0.25) is 10.0 Å². The molecule has 0 saturated carbocycles. The molecule has 0 atom stereocenters. The van der Waals surface area contributed by atoms with Crippen molar-refractivity contribution in [2.75, 3.05) is 12.4 Å². The van der Waals surface area contributed by atoms with Crippen LogP contribution in [0.1, 0.15) is 36.6 Å². The molecule has 162 valence electrons. The molecule has 0 bridgehead atoms. The number of nitrogens with zero attached hydrogens (tertiary/aromatic N) is 1. The number of benzene rings is 2. The Morgan fingerprint density at radius 1 is 1.10 bits per heavy atom. The molecule has 0 aliphatic carbocycles. The molecule has 0 spiro atoms. The van der Waals surface area contributed by atoms with Crippen LogP contribution >= 0.6 is 23.2 Å². The summed E-state index contributed by atoms with van der Waals surface area (Å²) in [4.78, 5) is 16.6. The summed E-state index contributed by atoms with van der Waals surface area (Å²) in [7, 11) is 1.64. The number of aryl methyl sites for hydroxylation is 1. The molecular weight excluding hydrogens is 435 g/mol. The van der Waals surface area contributed by atoms with Gasteiger partial charge in [0.1, 0.15) is 11.5 Å². The predicted molar refractivity (Wildman–Crippen MR) is 125 cm³/mol. The van der Waals surface area contributed by atoms with E-state index < -0.39 is 0 Å². The number of ether oxygens (including phenoxy) is 2. The molecule has 2 aromatic carbocycles. The fourth-order valence-electron chi connectivity index (χ4n) is 3.07. The number of anilines is 1. The highest BCUT2D eigenvalue weighted by atomic mass is 35.5. The Morgan fingerprint density at radius 2 is 1.81 bits per heavy atom. The first-order valence-electron chi connectivity index (χ1n) is 9.83. The lowest BCUT2D eigenvalue weighted by molar-refractivity contribution is -0.115. The Bertz CT molecular complexity index is 1060. The molecule has 0 unspecified atom stereocenters. The maximum atomic E-state index is 12.4. The quantitative estimate of drug-likeness (QED) is 0.422. The Labute approximate surface area is 192 Å². The van der Waals surface area contributed by atoms with E-state index in [0.717, 1.165) is 22.6 Å². The van der Waals surface area contributed by atoms with Crippen LogP contribution in [0.5, 0.6) is 17.2 Å². The lowest BCUT2D eigenvalue weighted by Gasteiger charge is -2.16. The Hall–Kier alpha value is -2.76. The van der Waals surface area contributed by atoms with E-state index in [1.165, 1.54) is 0 Å². The second-order valence-corrected chi connectivity index (χ2v) is 8.28. The number of aromatic nitrogens is 1. The van der Waals surface area contributed by atoms with Gasteiger partial charge in [-0.05, 0) is 54.8 Å². The van der Waals surface area contributed by atoms with Gasteiger partial charge >= 0.3 is 0 Å². The molecule has 7 heteroatoms. The number of carbonyl (C=O) groups is 1. The highest BCUT2D eigenvalue weighted by Crippen LogP contribution is 2.40. The van der Waals surface area contributed by atoms with E-state index in [9.17, 15) is 4.79 Å². The monoisotopic (exact) mass is 458 g/mol. The molecule has 1 amide bonds. The number of pyridine rings is 1. The Balaban J connectivity index is 1.75. The summed E-state index contributed by atoms with van der Waals surface area (Å²) < 4.78 is 11.4. The molecule has 1 heterocycles. The van der Waals surface area contributed by atoms with Gasteiger partial charge in [-0.25, -0.2) is 0 Å². The van der Waals surface area contributed by atoms with Crippen molar-refractivity contribution in [3.8, 4) is 17.2 Å². The van der Waals surface area contributed by atoms with Gasteiger partial charge in [-0.15, -0.1) is 0 Å².